The van der Waals surface area contributed by atoms with Gasteiger partial charge in [-0.05, 0) is 68.1 Å². The van der Waals surface area contributed by atoms with Crippen LogP contribution >= 0.6 is 31.9 Å². The molecule has 0 N–H and O–H groups in total. The Labute approximate surface area is 240 Å². The lowest BCUT2D eigenvalue weighted by Crippen LogP contribution is -1.97. The van der Waals surface area contributed by atoms with Crippen molar-refractivity contribution in [2.45, 2.75) is 0 Å². The molecule has 0 saturated carbocycles. The quantitative estimate of drug-likeness (QED) is 0.0871. The van der Waals surface area contributed by atoms with Crippen molar-refractivity contribution in [3.63, 3.8) is 0 Å². The summed E-state index contributed by atoms with van der Waals surface area (Å²) in [6, 6.07) is 33.8. The molecule has 0 saturated heterocycles. The fraction of sp³-hybridized carbons (Fsp3) is 0.118. The van der Waals surface area contributed by atoms with Gasteiger partial charge in [-0.1, -0.05) is 129 Å². The molecule has 0 radical (unpaired) electrons. The standard InChI is InChI=1S/C34H28Br2O2/c35-21-23-37-27-15-9-25(10-16-27)13-19-33-29-5-1-2-6-30(29)34(32-8-4-3-7-31(32)33)20-14-26-11-17-28(18-12-26)38-24-22-36/h1-20H,21-24H2. The lowest BCUT2D eigenvalue weighted by molar-refractivity contribution is 0.345. The van der Waals surface area contributed by atoms with Crippen molar-refractivity contribution in [2.24, 2.45) is 0 Å². The van der Waals surface area contributed by atoms with E-state index in [2.05, 4.69) is 129 Å². The van der Waals surface area contributed by atoms with Gasteiger partial charge < -0.3 is 9.47 Å². The Bertz CT molecular complexity index is 1390. The van der Waals surface area contributed by atoms with E-state index in [1.807, 2.05) is 24.3 Å². The Morgan fingerprint density at radius 2 is 0.789 bits per heavy atom. The molecule has 5 aromatic carbocycles. The molecule has 0 aliphatic heterocycles. The third kappa shape index (κ3) is 6.20. The smallest absolute Gasteiger partial charge is 0.119 e. The molecule has 0 aromatic heterocycles. The second-order valence-corrected chi connectivity index (χ2v) is 10.4. The van der Waals surface area contributed by atoms with E-state index in [0.717, 1.165) is 33.3 Å². The van der Waals surface area contributed by atoms with Crippen LogP contribution in [-0.4, -0.2) is 23.9 Å². The zero-order chi connectivity index (χ0) is 26.2. The van der Waals surface area contributed by atoms with Gasteiger partial charge >= 0.3 is 0 Å². The van der Waals surface area contributed by atoms with E-state index in [9.17, 15) is 0 Å². The SMILES string of the molecule is BrCCOc1ccc(C=Cc2c3ccccc3c(C=Cc3ccc(OCCBr)cc3)c3ccccc23)cc1. The van der Waals surface area contributed by atoms with Crippen molar-refractivity contribution >= 4 is 77.7 Å². The molecule has 2 nitrogen and oxygen atoms in total. The van der Waals surface area contributed by atoms with Crippen LogP contribution in [0.15, 0.2) is 97.1 Å². The first-order valence-electron chi connectivity index (χ1n) is 12.6. The van der Waals surface area contributed by atoms with E-state index in [4.69, 9.17) is 9.47 Å². The van der Waals surface area contributed by atoms with Gasteiger partial charge in [-0.3, -0.25) is 0 Å². The first-order chi connectivity index (χ1) is 18.8. The van der Waals surface area contributed by atoms with E-state index in [0.29, 0.717) is 13.2 Å². The highest BCUT2D eigenvalue weighted by Crippen LogP contribution is 2.35. The van der Waals surface area contributed by atoms with Gasteiger partial charge in [0.2, 0.25) is 0 Å². The number of hydrogen-bond acceptors (Lipinski definition) is 2. The second-order valence-electron chi connectivity index (χ2n) is 8.80. The van der Waals surface area contributed by atoms with Crippen LogP contribution in [0.4, 0.5) is 0 Å². The Morgan fingerprint density at radius 1 is 0.447 bits per heavy atom. The highest BCUT2D eigenvalue weighted by atomic mass is 79.9. The van der Waals surface area contributed by atoms with E-state index >= 15 is 0 Å². The summed E-state index contributed by atoms with van der Waals surface area (Å²) in [5.41, 5.74) is 4.72. The van der Waals surface area contributed by atoms with Crippen molar-refractivity contribution in [1.29, 1.82) is 0 Å². The predicted octanol–water partition coefficient (Wildman–Crippen LogP) is 9.88. The number of halogens is 2. The van der Waals surface area contributed by atoms with E-state index in [1.165, 1.54) is 32.7 Å². The fourth-order valence-corrected chi connectivity index (χ4v) is 4.90. The Hall–Kier alpha value is -3.34. The highest BCUT2D eigenvalue weighted by molar-refractivity contribution is 9.09. The third-order valence-corrected chi connectivity index (χ3v) is 7.00. The van der Waals surface area contributed by atoms with Crippen molar-refractivity contribution in [3.8, 4) is 11.5 Å². The van der Waals surface area contributed by atoms with Crippen LogP contribution in [0, 0.1) is 0 Å². The topological polar surface area (TPSA) is 18.5 Å². The molecule has 0 spiro atoms. The number of fused-ring (bicyclic) bond motifs is 2. The summed E-state index contributed by atoms with van der Waals surface area (Å²) in [6.45, 7) is 1.32. The molecule has 38 heavy (non-hydrogen) atoms. The first kappa shape index (κ1) is 26.3. The molecule has 0 amide bonds. The van der Waals surface area contributed by atoms with Crippen LogP contribution in [0.5, 0.6) is 11.5 Å². The minimum absolute atomic E-state index is 0.658. The molecule has 0 fully saturated rings. The molecular formula is C34H28Br2O2. The second kappa shape index (κ2) is 12.9. The zero-order valence-electron chi connectivity index (χ0n) is 20.9. The molecule has 4 heteroatoms. The molecule has 190 valence electrons. The van der Waals surface area contributed by atoms with Gasteiger partial charge in [0.25, 0.3) is 0 Å². The Morgan fingerprint density at radius 3 is 1.11 bits per heavy atom. The average molecular weight is 628 g/mol. The van der Waals surface area contributed by atoms with E-state index in [1.54, 1.807) is 0 Å². The van der Waals surface area contributed by atoms with Gasteiger partial charge in [0.15, 0.2) is 0 Å². The Balaban J connectivity index is 1.52. The number of benzene rings is 5. The van der Waals surface area contributed by atoms with Crippen molar-refractivity contribution in [2.75, 3.05) is 23.9 Å². The monoisotopic (exact) mass is 626 g/mol. The van der Waals surface area contributed by atoms with Crippen LogP contribution in [0.1, 0.15) is 22.3 Å². The maximum absolute atomic E-state index is 5.69. The van der Waals surface area contributed by atoms with Gasteiger partial charge in [-0.15, -0.1) is 0 Å². The highest BCUT2D eigenvalue weighted by Gasteiger charge is 2.10. The Kier molecular flexibility index (Phi) is 8.95. The van der Waals surface area contributed by atoms with Crippen molar-refractivity contribution < 1.29 is 9.47 Å². The van der Waals surface area contributed by atoms with Crippen LogP contribution in [0.3, 0.4) is 0 Å². The summed E-state index contributed by atoms with van der Waals surface area (Å²) in [6.07, 6.45) is 8.82. The minimum Gasteiger partial charge on any atom is -0.493 e. The molecule has 5 rings (SSSR count). The number of ether oxygens (including phenoxy) is 2. The fourth-order valence-electron chi connectivity index (χ4n) is 4.58. The molecule has 0 aliphatic rings. The normalized spacial score (nSPS) is 11.6. The zero-order valence-corrected chi connectivity index (χ0v) is 24.1. The summed E-state index contributed by atoms with van der Waals surface area (Å²) < 4.78 is 11.4. The number of hydrogen-bond donors (Lipinski definition) is 0. The molecule has 0 unspecified atom stereocenters. The van der Waals surface area contributed by atoms with Crippen LogP contribution in [-0.2, 0) is 0 Å². The van der Waals surface area contributed by atoms with Crippen LogP contribution in [0.25, 0.3) is 45.8 Å². The number of alkyl halides is 2. The first-order valence-corrected chi connectivity index (χ1v) is 14.9. The van der Waals surface area contributed by atoms with Crippen LogP contribution in [0.2, 0.25) is 0 Å². The summed E-state index contributed by atoms with van der Waals surface area (Å²) in [5, 5.41) is 6.57. The molecule has 0 aliphatic carbocycles. The predicted molar refractivity (Wildman–Crippen MR) is 171 cm³/mol. The van der Waals surface area contributed by atoms with Gasteiger partial charge in [-0.25, -0.2) is 0 Å². The maximum Gasteiger partial charge on any atom is 0.119 e. The van der Waals surface area contributed by atoms with Crippen molar-refractivity contribution in [1.82, 2.24) is 0 Å². The average Bonchev–Trinajstić information content (AvgIpc) is 2.97. The maximum atomic E-state index is 5.69. The summed E-state index contributed by atoms with van der Waals surface area (Å²) in [7, 11) is 0. The van der Waals surface area contributed by atoms with Crippen LogP contribution < -0.4 is 9.47 Å². The van der Waals surface area contributed by atoms with E-state index in [-0.39, 0.29) is 0 Å². The third-order valence-electron chi connectivity index (χ3n) is 6.35. The lowest BCUT2D eigenvalue weighted by atomic mass is 9.91. The van der Waals surface area contributed by atoms with Gasteiger partial charge in [0.05, 0.1) is 13.2 Å². The van der Waals surface area contributed by atoms with Gasteiger partial charge in [-0.2, -0.15) is 0 Å². The molecule has 0 bridgehead atoms. The molecule has 0 atom stereocenters. The molecule has 0 heterocycles. The summed E-state index contributed by atoms with van der Waals surface area (Å²) >= 11 is 6.80. The number of rotatable bonds is 10. The minimum atomic E-state index is 0.658. The largest absolute Gasteiger partial charge is 0.493 e. The molecule has 5 aromatic rings. The van der Waals surface area contributed by atoms with Gasteiger partial charge in [0, 0.05) is 10.7 Å². The van der Waals surface area contributed by atoms with Crippen molar-refractivity contribution in [3.05, 3.63) is 119 Å². The molecular weight excluding hydrogens is 600 g/mol. The summed E-state index contributed by atoms with van der Waals surface area (Å²) in [5.74, 6) is 1.77. The van der Waals surface area contributed by atoms with Gasteiger partial charge in [0.1, 0.15) is 11.5 Å². The summed E-state index contributed by atoms with van der Waals surface area (Å²) in [4.78, 5) is 0. The lowest BCUT2D eigenvalue weighted by Gasteiger charge is -2.13. The van der Waals surface area contributed by atoms with E-state index < -0.39 is 0 Å².